The minimum Gasteiger partial charge on any atom is -0.377 e. The highest BCUT2D eigenvalue weighted by Crippen LogP contribution is 2.57. The lowest BCUT2D eigenvalue weighted by Gasteiger charge is -2.24. The summed E-state index contributed by atoms with van der Waals surface area (Å²) in [5, 5.41) is 9.59. The van der Waals surface area contributed by atoms with Crippen LogP contribution in [0.2, 0.25) is 0 Å². The number of hydrogen-bond acceptors (Lipinski definition) is 5. The number of nitriles is 1. The van der Waals surface area contributed by atoms with E-state index in [1.807, 2.05) is 11.9 Å². The van der Waals surface area contributed by atoms with E-state index in [2.05, 4.69) is 6.07 Å². The molecule has 19 heavy (non-hydrogen) atoms. The van der Waals surface area contributed by atoms with Gasteiger partial charge in [-0.25, -0.2) is 0 Å². The maximum atomic E-state index is 12.7. The third kappa shape index (κ3) is 4.07. The average molecular weight is 286 g/mol. The SMILES string of the molecule is CCOP(=O)(OCC)C(C#N)=C1CCCCCN1C. The van der Waals surface area contributed by atoms with Gasteiger partial charge in [-0.1, -0.05) is 6.42 Å². The third-order valence-corrected chi connectivity index (χ3v) is 5.22. The average Bonchev–Trinajstić information content (AvgIpc) is 2.56. The number of nitrogens with zero attached hydrogens (tertiary/aromatic N) is 2. The van der Waals surface area contributed by atoms with Gasteiger partial charge >= 0.3 is 7.60 Å². The van der Waals surface area contributed by atoms with Gasteiger partial charge in [0.1, 0.15) is 6.07 Å². The summed E-state index contributed by atoms with van der Waals surface area (Å²) >= 11 is 0. The van der Waals surface area contributed by atoms with Gasteiger partial charge in [0, 0.05) is 19.3 Å². The van der Waals surface area contributed by atoms with E-state index in [9.17, 15) is 9.83 Å². The van der Waals surface area contributed by atoms with E-state index >= 15 is 0 Å². The van der Waals surface area contributed by atoms with Gasteiger partial charge in [0.15, 0.2) is 5.31 Å². The molecule has 0 aromatic carbocycles. The van der Waals surface area contributed by atoms with Crippen molar-refractivity contribution in [1.29, 1.82) is 5.26 Å². The van der Waals surface area contributed by atoms with Crippen LogP contribution in [0.5, 0.6) is 0 Å². The number of hydrogen-bond donors (Lipinski definition) is 0. The molecule has 0 aromatic heterocycles. The van der Waals surface area contributed by atoms with Crippen LogP contribution in [0.1, 0.15) is 39.5 Å². The predicted octanol–water partition coefficient (Wildman–Crippen LogP) is 3.49. The van der Waals surface area contributed by atoms with E-state index in [1.165, 1.54) is 0 Å². The van der Waals surface area contributed by atoms with Gasteiger partial charge in [0.2, 0.25) is 0 Å². The summed E-state index contributed by atoms with van der Waals surface area (Å²) in [4.78, 5) is 2.01. The predicted molar refractivity (Wildman–Crippen MR) is 74.6 cm³/mol. The lowest BCUT2D eigenvalue weighted by molar-refractivity contribution is 0.226. The molecule has 1 rings (SSSR count). The van der Waals surface area contributed by atoms with E-state index in [-0.39, 0.29) is 18.5 Å². The fraction of sp³-hybridized carbons (Fsp3) is 0.769. The Labute approximate surface area is 115 Å². The third-order valence-electron chi connectivity index (χ3n) is 3.12. The van der Waals surface area contributed by atoms with Gasteiger partial charge in [-0.3, -0.25) is 4.57 Å². The molecule has 1 saturated heterocycles. The minimum atomic E-state index is -3.48. The molecule has 0 radical (unpaired) electrons. The molecule has 0 unspecified atom stereocenters. The zero-order valence-electron chi connectivity index (χ0n) is 12.0. The fourth-order valence-corrected chi connectivity index (χ4v) is 3.97. The monoisotopic (exact) mass is 286 g/mol. The Kier molecular flexibility index (Phi) is 6.57. The van der Waals surface area contributed by atoms with Crippen molar-refractivity contribution in [2.75, 3.05) is 26.8 Å². The van der Waals surface area contributed by atoms with Gasteiger partial charge in [-0.05, 0) is 33.1 Å². The lowest BCUT2D eigenvalue weighted by Crippen LogP contribution is -2.19. The van der Waals surface area contributed by atoms with Gasteiger partial charge in [-0.15, -0.1) is 0 Å². The second-order valence-electron chi connectivity index (χ2n) is 4.47. The lowest BCUT2D eigenvalue weighted by atomic mass is 10.2. The first-order valence-electron chi connectivity index (χ1n) is 6.83. The first-order chi connectivity index (χ1) is 9.09. The number of likely N-dealkylation sites (tertiary alicyclic amines) is 1. The number of allylic oxidation sites excluding steroid dienone is 2. The zero-order valence-corrected chi connectivity index (χ0v) is 12.9. The Balaban J connectivity index is 3.20. The summed E-state index contributed by atoms with van der Waals surface area (Å²) in [6.45, 7) is 4.90. The van der Waals surface area contributed by atoms with Crippen LogP contribution >= 0.6 is 7.60 Å². The van der Waals surface area contributed by atoms with E-state index in [4.69, 9.17) is 9.05 Å². The molecule has 0 amide bonds. The Morgan fingerprint density at radius 1 is 1.32 bits per heavy atom. The molecule has 1 aliphatic rings. The Hall–Kier alpha value is -0.820. The van der Waals surface area contributed by atoms with Crippen molar-refractivity contribution in [3.8, 4) is 6.07 Å². The molecule has 0 bridgehead atoms. The van der Waals surface area contributed by atoms with Gasteiger partial charge in [0.25, 0.3) is 0 Å². The van der Waals surface area contributed by atoms with Crippen molar-refractivity contribution in [1.82, 2.24) is 4.90 Å². The summed E-state index contributed by atoms with van der Waals surface area (Å²) in [7, 11) is -1.55. The molecular formula is C13H23N2O3P. The summed E-state index contributed by atoms with van der Waals surface area (Å²) in [5.41, 5.74) is 0.810. The van der Waals surface area contributed by atoms with Crippen molar-refractivity contribution in [3.63, 3.8) is 0 Å². The first kappa shape index (κ1) is 16.2. The van der Waals surface area contributed by atoms with Crippen LogP contribution in [0.4, 0.5) is 0 Å². The Morgan fingerprint density at radius 3 is 2.47 bits per heavy atom. The molecule has 5 nitrogen and oxygen atoms in total. The number of rotatable bonds is 5. The molecule has 6 heteroatoms. The maximum absolute atomic E-state index is 12.7. The second-order valence-corrected chi connectivity index (χ2v) is 6.43. The maximum Gasteiger partial charge on any atom is 0.373 e. The highest BCUT2D eigenvalue weighted by atomic mass is 31.2. The van der Waals surface area contributed by atoms with E-state index in [0.29, 0.717) is 0 Å². The minimum absolute atomic E-state index is 0.181. The molecule has 108 valence electrons. The fourth-order valence-electron chi connectivity index (χ4n) is 2.23. The van der Waals surface area contributed by atoms with Crippen LogP contribution in [-0.4, -0.2) is 31.7 Å². The molecule has 1 fully saturated rings. The van der Waals surface area contributed by atoms with E-state index < -0.39 is 7.60 Å². The summed E-state index contributed by atoms with van der Waals surface area (Å²) in [5.74, 6) is 0. The van der Waals surface area contributed by atoms with E-state index in [1.54, 1.807) is 13.8 Å². The molecule has 0 atom stereocenters. The molecule has 1 aliphatic heterocycles. The highest BCUT2D eigenvalue weighted by Gasteiger charge is 2.34. The van der Waals surface area contributed by atoms with Crippen LogP contribution in [-0.2, 0) is 13.6 Å². The van der Waals surface area contributed by atoms with E-state index in [0.717, 1.165) is 37.9 Å². The molecule has 0 spiro atoms. The van der Waals surface area contributed by atoms with Crippen LogP contribution in [0, 0.1) is 11.3 Å². The van der Waals surface area contributed by atoms with Crippen molar-refractivity contribution >= 4 is 7.60 Å². The molecule has 0 N–H and O–H groups in total. The normalized spacial score (nSPS) is 19.8. The zero-order chi connectivity index (χ0) is 14.3. The standard InChI is InChI=1S/C13H23N2O3P/c1-4-17-19(16,18-5-2)13(11-14)12-9-7-6-8-10-15(12)3/h4-10H2,1-3H3. The van der Waals surface area contributed by atoms with Crippen LogP contribution in [0.15, 0.2) is 11.0 Å². The smallest absolute Gasteiger partial charge is 0.373 e. The summed E-state index contributed by atoms with van der Waals surface area (Å²) < 4.78 is 23.3. The Bertz CT molecular complexity index is 405. The largest absolute Gasteiger partial charge is 0.377 e. The van der Waals surface area contributed by atoms with Gasteiger partial charge in [-0.2, -0.15) is 5.26 Å². The van der Waals surface area contributed by atoms with Crippen LogP contribution in [0.25, 0.3) is 0 Å². The van der Waals surface area contributed by atoms with Crippen molar-refractivity contribution < 1.29 is 13.6 Å². The topological polar surface area (TPSA) is 62.6 Å². The quantitative estimate of drug-likeness (QED) is 0.572. The van der Waals surface area contributed by atoms with Gasteiger partial charge in [0.05, 0.1) is 13.2 Å². The van der Waals surface area contributed by atoms with Crippen LogP contribution in [0.3, 0.4) is 0 Å². The molecule has 0 aliphatic carbocycles. The van der Waals surface area contributed by atoms with Crippen molar-refractivity contribution in [2.24, 2.45) is 0 Å². The molecular weight excluding hydrogens is 263 g/mol. The van der Waals surface area contributed by atoms with Crippen LogP contribution < -0.4 is 0 Å². The van der Waals surface area contributed by atoms with Gasteiger partial charge < -0.3 is 13.9 Å². The molecule has 1 heterocycles. The van der Waals surface area contributed by atoms with Crippen molar-refractivity contribution in [2.45, 2.75) is 39.5 Å². The highest BCUT2D eigenvalue weighted by molar-refractivity contribution is 7.59. The first-order valence-corrected chi connectivity index (χ1v) is 8.37. The summed E-state index contributed by atoms with van der Waals surface area (Å²) in [6, 6.07) is 2.07. The van der Waals surface area contributed by atoms with Crippen molar-refractivity contribution in [3.05, 3.63) is 11.0 Å². The Morgan fingerprint density at radius 2 is 1.95 bits per heavy atom. The summed E-state index contributed by atoms with van der Waals surface area (Å²) in [6.07, 6.45) is 3.97. The molecule has 0 aromatic rings. The molecule has 0 saturated carbocycles. The second kappa shape index (κ2) is 7.69.